The third-order valence-corrected chi connectivity index (χ3v) is 3.52. The van der Waals surface area contributed by atoms with Gasteiger partial charge in [0.05, 0.1) is 0 Å². The Morgan fingerprint density at radius 2 is 1.90 bits per heavy atom. The number of hydrogen-bond acceptors (Lipinski definition) is 3. The van der Waals surface area contributed by atoms with E-state index in [2.05, 4.69) is 10.3 Å². The van der Waals surface area contributed by atoms with Crippen LogP contribution in [0.5, 0.6) is 0 Å². The SMILES string of the molecule is O=C(O)C1(Nc2cccc(C(F)(F)F)n2)CCCCC1. The number of aliphatic carboxylic acids is 1. The normalized spacial score (nSPS) is 18.6. The van der Waals surface area contributed by atoms with Gasteiger partial charge < -0.3 is 10.4 Å². The van der Waals surface area contributed by atoms with Gasteiger partial charge in [0.15, 0.2) is 0 Å². The molecule has 0 radical (unpaired) electrons. The summed E-state index contributed by atoms with van der Waals surface area (Å²) < 4.78 is 37.8. The number of carbonyl (C=O) groups is 1. The highest BCUT2D eigenvalue weighted by atomic mass is 19.4. The van der Waals surface area contributed by atoms with Gasteiger partial charge in [0.2, 0.25) is 0 Å². The minimum atomic E-state index is -4.54. The fourth-order valence-electron chi connectivity index (χ4n) is 2.46. The van der Waals surface area contributed by atoms with Crippen molar-refractivity contribution >= 4 is 11.8 Å². The smallest absolute Gasteiger partial charge is 0.433 e. The lowest BCUT2D eigenvalue weighted by molar-refractivity contribution is -0.143. The Balaban J connectivity index is 2.25. The monoisotopic (exact) mass is 288 g/mol. The first-order valence-corrected chi connectivity index (χ1v) is 6.39. The average Bonchev–Trinajstić information content (AvgIpc) is 2.39. The predicted molar refractivity (Wildman–Crippen MR) is 66.3 cm³/mol. The lowest BCUT2D eigenvalue weighted by Gasteiger charge is -2.34. The highest BCUT2D eigenvalue weighted by Gasteiger charge is 2.40. The van der Waals surface area contributed by atoms with Gasteiger partial charge in [-0.05, 0) is 25.0 Å². The molecule has 20 heavy (non-hydrogen) atoms. The maximum atomic E-state index is 12.6. The number of rotatable bonds is 3. The highest BCUT2D eigenvalue weighted by molar-refractivity contribution is 5.82. The van der Waals surface area contributed by atoms with Crippen molar-refractivity contribution in [1.29, 1.82) is 0 Å². The number of alkyl halides is 3. The fourth-order valence-corrected chi connectivity index (χ4v) is 2.46. The zero-order chi connectivity index (χ0) is 14.8. The minimum absolute atomic E-state index is 0.0517. The Hall–Kier alpha value is -1.79. The zero-order valence-corrected chi connectivity index (χ0v) is 10.7. The molecule has 0 amide bonds. The molecule has 0 aliphatic heterocycles. The van der Waals surface area contributed by atoms with Crippen LogP contribution in [0.1, 0.15) is 37.8 Å². The second-order valence-electron chi connectivity index (χ2n) is 4.98. The summed E-state index contributed by atoms with van der Waals surface area (Å²) in [6.45, 7) is 0. The first-order chi connectivity index (χ1) is 9.33. The van der Waals surface area contributed by atoms with Gasteiger partial charge in [-0.15, -0.1) is 0 Å². The van der Waals surface area contributed by atoms with E-state index < -0.39 is 23.4 Å². The Labute approximate surface area is 114 Å². The number of aromatic nitrogens is 1. The van der Waals surface area contributed by atoms with E-state index in [1.165, 1.54) is 12.1 Å². The molecule has 0 bridgehead atoms. The molecule has 1 fully saturated rings. The summed E-state index contributed by atoms with van der Waals surface area (Å²) in [4.78, 5) is 14.9. The first-order valence-electron chi connectivity index (χ1n) is 6.39. The second-order valence-corrected chi connectivity index (χ2v) is 4.98. The Morgan fingerprint density at radius 1 is 1.25 bits per heavy atom. The maximum Gasteiger partial charge on any atom is 0.433 e. The van der Waals surface area contributed by atoms with Gasteiger partial charge in [-0.1, -0.05) is 25.3 Å². The summed E-state index contributed by atoms with van der Waals surface area (Å²) >= 11 is 0. The van der Waals surface area contributed by atoms with Crippen molar-refractivity contribution in [3.8, 4) is 0 Å². The van der Waals surface area contributed by atoms with Gasteiger partial charge in [-0.25, -0.2) is 9.78 Å². The number of pyridine rings is 1. The molecular formula is C13H15F3N2O2. The summed E-state index contributed by atoms with van der Waals surface area (Å²) in [6.07, 6.45) is -1.36. The number of nitrogens with one attached hydrogen (secondary N) is 1. The number of hydrogen-bond donors (Lipinski definition) is 2. The highest BCUT2D eigenvalue weighted by Crippen LogP contribution is 2.33. The lowest BCUT2D eigenvalue weighted by Crippen LogP contribution is -2.48. The van der Waals surface area contributed by atoms with Crippen LogP contribution in [0.25, 0.3) is 0 Å². The third-order valence-electron chi connectivity index (χ3n) is 3.52. The summed E-state index contributed by atoms with van der Waals surface area (Å²) in [6, 6.07) is 3.44. The van der Waals surface area contributed by atoms with Crippen molar-refractivity contribution in [3.63, 3.8) is 0 Å². The van der Waals surface area contributed by atoms with Crippen LogP contribution in [0.2, 0.25) is 0 Å². The largest absolute Gasteiger partial charge is 0.480 e. The van der Waals surface area contributed by atoms with Gasteiger partial charge >= 0.3 is 12.1 Å². The Bertz CT molecular complexity index is 497. The van der Waals surface area contributed by atoms with E-state index in [0.29, 0.717) is 12.8 Å². The Kier molecular flexibility index (Phi) is 3.87. The number of carboxylic acid groups (broad SMARTS) is 1. The number of carboxylic acids is 1. The predicted octanol–water partition coefficient (Wildman–Crippen LogP) is 3.30. The molecule has 0 atom stereocenters. The van der Waals surface area contributed by atoms with Gasteiger partial charge in [0.1, 0.15) is 17.1 Å². The molecule has 4 nitrogen and oxygen atoms in total. The van der Waals surface area contributed by atoms with E-state index in [4.69, 9.17) is 0 Å². The molecule has 0 unspecified atom stereocenters. The van der Waals surface area contributed by atoms with Crippen molar-refractivity contribution in [3.05, 3.63) is 23.9 Å². The van der Waals surface area contributed by atoms with Crippen molar-refractivity contribution in [2.45, 2.75) is 43.8 Å². The molecule has 1 saturated carbocycles. The van der Waals surface area contributed by atoms with E-state index in [9.17, 15) is 23.1 Å². The molecule has 1 heterocycles. The van der Waals surface area contributed by atoms with E-state index in [1.54, 1.807) is 0 Å². The topological polar surface area (TPSA) is 62.2 Å². The van der Waals surface area contributed by atoms with Gasteiger partial charge in [-0.3, -0.25) is 0 Å². The van der Waals surface area contributed by atoms with Gasteiger partial charge in [0.25, 0.3) is 0 Å². The second kappa shape index (κ2) is 5.30. The van der Waals surface area contributed by atoms with Crippen LogP contribution in [-0.2, 0) is 11.0 Å². The summed E-state index contributed by atoms with van der Waals surface area (Å²) in [7, 11) is 0. The molecule has 0 aromatic carbocycles. The van der Waals surface area contributed by atoms with Gasteiger partial charge in [-0.2, -0.15) is 13.2 Å². The molecule has 2 rings (SSSR count). The van der Waals surface area contributed by atoms with Crippen molar-refractivity contribution < 1.29 is 23.1 Å². The standard InChI is InChI=1S/C13H15F3N2O2/c14-13(15,16)9-5-4-6-10(17-9)18-12(11(19)20)7-2-1-3-8-12/h4-6H,1-3,7-8H2,(H,17,18)(H,19,20). The quantitative estimate of drug-likeness (QED) is 0.895. The average molecular weight is 288 g/mol. The molecule has 2 N–H and O–H groups in total. The minimum Gasteiger partial charge on any atom is -0.480 e. The van der Waals surface area contributed by atoms with Crippen molar-refractivity contribution in [2.24, 2.45) is 0 Å². The molecule has 1 aromatic heterocycles. The molecular weight excluding hydrogens is 273 g/mol. The van der Waals surface area contributed by atoms with Crippen LogP contribution in [0.4, 0.5) is 19.0 Å². The number of halogens is 3. The molecule has 0 saturated heterocycles. The molecule has 1 aromatic rings. The number of anilines is 1. The lowest BCUT2D eigenvalue weighted by atomic mass is 9.81. The Morgan fingerprint density at radius 3 is 2.45 bits per heavy atom. The molecule has 7 heteroatoms. The number of nitrogens with zero attached hydrogens (tertiary/aromatic N) is 1. The van der Waals surface area contributed by atoms with E-state index in [1.807, 2.05) is 0 Å². The van der Waals surface area contributed by atoms with E-state index in [0.717, 1.165) is 25.3 Å². The van der Waals surface area contributed by atoms with Crippen LogP contribution in [0.15, 0.2) is 18.2 Å². The molecule has 1 aliphatic rings. The third kappa shape index (κ3) is 3.02. The van der Waals surface area contributed by atoms with Crippen LogP contribution in [-0.4, -0.2) is 21.6 Å². The molecule has 1 aliphatic carbocycles. The van der Waals surface area contributed by atoms with E-state index in [-0.39, 0.29) is 5.82 Å². The fraction of sp³-hybridized carbons (Fsp3) is 0.538. The van der Waals surface area contributed by atoms with E-state index >= 15 is 0 Å². The maximum absolute atomic E-state index is 12.6. The summed E-state index contributed by atoms with van der Waals surface area (Å²) in [5, 5.41) is 12.1. The van der Waals surface area contributed by atoms with Crippen LogP contribution in [0, 0.1) is 0 Å². The van der Waals surface area contributed by atoms with Crippen LogP contribution in [0.3, 0.4) is 0 Å². The summed E-state index contributed by atoms with van der Waals surface area (Å²) in [5.41, 5.74) is -2.24. The zero-order valence-electron chi connectivity index (χ0n) is 10.7. The van der Waals surface area contributed by atoms with Crippen molar-refractivity contribution in [1.82, 2.24) is 4.98 Å². The summed E-state index contributed by atoms with van der Waals surface area (Å²) in [5.74, 6) is -1.10. The van der Waals surface area contributed by atoms with Gasteiger partial charge in [0, 0.05) is 0 Å². The van der Waals surface area contributed by atoms with Crippen molar-refractivity contribution in [2.75, 3.05) is 5.32 Å². The molecule has 0 spiro atoms. The van der Waals surface area contributed by atoms with Crippen LogP contribution < -0.4 is 5.32 Å². The van der Waals surface area contributed by atoms with Crippen LogP contribution >= 0.6 is 0 Å². The molecule has 110 valence electrons. The first kappa shape index (κ1) is 14.6.